The first kappa shape index (κ1) is 38.1. The molecule has 0 spiro atoms. The van der Waals surface area contributed by atoms with Gasteiger partial charge in [-0.1, -0.05) is 75.3 Å². The summed E-state index contributed by atoms with van der Waals surface area (Å²) < 4.78 is 0. The number of benzene rings is 2. The van der Waals surface area contributed by atoms with Crippen molar-refractivity contribution < 1.29 is 24.4 Å². The van der Waals surface area contributed by atoms with Crippen LogP contribution in [0.4, 0.5) is 0 Å². The van der Waals surface area contributed by atoms with Gasteiger partial charge in [0.1, 0.15) is 12.1 Å². The number of amides is 3. The molecule has 4 N–H and O–H groups in total. The standard InChI is InChI=1S/C39H58BN5O5S/c46-37(32-17-16-30-13-5-6-14-31(30)26-32)41-34(25-29-11-3-1-4-12-29)39(48)45-28-33(44-19-8-2-9-20-44)27-35(45)38(47)42-36(40(49)50)15-7-10-18-43-21-23-51-24-22-43/h5-6,13-14,16-17,26,29,33-36,49-50H,1-4,7-12,15,18-25,27-28H2,(H,41,46)(H,42,47)/t33-,34-,35+,36+/m1/s1. The Morgan fingerprint density at radius 2 is 1.59 bits per heavy atom. The van der Waals surface area contributed by atoms with Crippen LogP contribution in [-0.2, 0) is 9.59 Å². The minimum absolute atomic E-state index is 0.0386. The Labute approximate surface area is 308 Å². The lowest BCUT2D eigenvalue weighted by atomic mass is 9.76. The molecule has 3 heterocycles. The largest absolute Gasteiger partial charge is 0.475 e. The van der Waals surface area contributed by atoms with Crippen LogP contribution >= 0.6 is 11.8 Å². The molecular weight excluding hydrogens is 661 g/mol. The van der Waals surface area contributed by atoms with Gasteiger partial charge in [-0.15, -0.1) is 0 Å². The number of piperidine rings is 1. The van der Waals surface area contributed by atoms with E-state index >= 15 is 0 Å². The first-order chi connectivity index (χ1) is 24.9. The van der Waals surface area contributed by atoms with E-state index in [0.717, 1.165) is 106 Å². The van der Waals surface area contributed by atoms with E-state index < -0.39 is 25.1 Å². The van der Waals surface area contributed by atoms with Gasteiger partial charge >= 0.3 is 7.12 Å². The van der Waals surface area contributed by atoms with Crippen LogP contribution < -0.4 is 10.6 Å². The van der Waals surface area contributed by atoms with Gasteiger partial charge in [-0.2, -0.15) is 11.8 Å². The van der Waals surface area contributed by atoms with E-state index in [-0.39, 0.29) is 23.8 Å². The quantitative estimate of drug-likeness (QED) is 0.170. The maximum absolute atomic E-state index is 14.7. The van der Waals surface area contributed by atoms with E-state index in [1.54, 1.807) is 4.90 Å². The highest BCUT2D eigenvalue weighted by molar-refractivity contribution is 7.99. The summed E-state index contributed by atoms with van der Waals surface area (Å²) in [5, 5.41) is 28.7. The van der Waals surface area contributed by atoms with E-state index in [4.69, 9.17) is 0 Å². The zero-order valence-electron chi connectivity index (χ0n) is 30.2. The van der Waals surface area contributed by atoms with Crippen molar-refractivity contribution in [1.82, 2.24) is 25.3 Å². The number of rotatable bonds is 14. The molecule has 0 radical (unpaired) electrons. The van der Waals surface area contributed by atoms with Crippen LogP contribution in [0.1, 0.15) is 93.8 Å². The summed E-state index contributed by atoms with van der Waals surface area (Å²) >= 11 is 1.98. The van der Waals surface area contributed by atoms with Gasteiger partial charge in [-0.05, 0) is 87.0 Å². The van der Waals surface area contributed by atoms with Gasteiger partial charge in [-0.3, -0.25) is 19.3 Å². The van der Waals surface area contributed by atoms with E-state index in [9.17, 15) is 24.4 Å². The monoisotopic (exact) mass is 719 g/mol. The van der Waals surface area contributed by atoms with Crippen molar-refractivity contribution in [3.8, 4) is 0 Å². The summed E-state index contributed by atoms with van der Waals surface area (Å²) in [7, 11) is -1.69. The second kappa shape index (κ2) is 18.9. The number of nitrogens with one attached hydrogen (secondary N) is 2. The molecule has 4 fully saturated rings. The van der Waals surface area contributed by atoms with E-state index in [2.05, 4.69) is 20.4 Å². The molecule has 3 amide bonds. The van der Waals surface area contributed by atoms with Crippen LogP contribution in [0.25, 0.3) is 10.8 Å². The fourth-order valence-electron chi connectivity index (χ4n) is 8.70. The van der Waals surface area contributed by atoms with Gasteiger partial charge in [-0.25, -0.2) is 0 Å². The summed E-state index contributed by atoms with van der Waals surface area (Å²) in [4.78, 5) is 49.2. The van der Waals surface area contributed by atoms with Crippen LogP contribution in [0.5, 0.6) is 0 Å². The Kier molecular flexibility index (Phi) is 14.1. The molecule has 3 aliphatic heterocycles. The average Bonchev–Trinajstić information content (AvgIpc) is 3.62. The van der Waals surface area contributed by atoms with Crippen LogP contribution in [0.2, 0.25) is 0 Å². The average molecular weight is 720 g/mol. The van der Waals surface area contributed by atoms with Gasteiger partial charge in [0, 0.05) is 42.7 Å². The smallest absolute Gasteiger partial charge is 0.426 e. The molecule has 6 rings (SSSR count). The number of hydrogen-bond donors (Lipinski definition) is 4. The van der Waals surface area contributed by atoms with Crippen molar-refractivity contribution in [1.29, 1.82) is 0 Å². The van der Waals surface area contributed by atoms with Crippen molar-refractivity contribution in [3.05, 3.63) is 48.0 Å². The minimum atomic E-state index is -1.69. The highest BCUT2D eigenvalue weighted by Crippen LogP contribution is 2.31. The molecular formula is C39H58BN5O5S. The molecule has 12 heteroatoms. The maximum Gasteiger partial charge on any atom is 0.475 e. The van der Waals surface area contributed by atoms with E-state index in [1.807, 2.05) is 54.2 Å². The topological polar surface area (TPSA) is 125 Å². The molecule has 0 aromatic heterocycles. The molecule has 1 aliphatic carbocycles. The summed E-state index contributed by atoms with van der Waals surface area (Å²) in [5.74, 6) is 0.979. The summed E-state index contributed by atoms with van der Waals surface area (Å²) in [6.07, 6.45) is 12.1. The zero-order chi connectivity index (χ0) is 35.6. The molecule has 278 valence electrons. The normalized spacial score (nSPS) is 23.5. The molecule has 0 bridgehead atoms. The molecule has 10 nitrogen and oxygen atoms in total. The molecule has 2 aromatic rings. The second-order valence-corrected chi connectivity index (χ2v) is 16.5. The predicted molar refractivity (Wildman–Crippen MR) is 205 cm³/mol. The summed E-state index contributed by atoms with van der Waals surface area (Å²) in [5.41, 5.74) is 0.510. The fourth-order valence-corrected chi connectivity index (χ4v) is 9.68. The number of unbranched alkanes of at least 4 members (excludes halogenated alkanes) is 1. The highest BCUT2D eigenvalue weighted by atomic mass is 32.2. The summed E-state index contributed by atoms with van der Waals surface area (Å²) in [6, 6.07) is 12.1. The van der Waals surface area contributed by atoms with Gasteiger partial charge in [0.05, 0.1) is 5.94 Å². The lowest BCUT2D eigenvalue weighted by Crippen LogP contribution is -2.56. The van der Waals surface area contributed by atoms with Gasteiger partial charge < -0.3 is 30.5 Å². The van der Waals surface area contributed by atoms with Gasteiger partial charge in [0.15, 0.2) is 0 Å². The van der Waals surface area contributed by atoms with Crippen molar-refractivity contribution >= 4 is 47.4 Å². The molecule has 2 aromatic carbocycles. The molecule has 1 saturated carbocycles. The molecule has 4 aliphatic rings. The fraction of sp³-hybridized carbons (Fsp3) is 0.667. The Hall–Kier alpha value is -2.64. The third-order valence-corrected chi connectivity index (χ3v) is 12.7. The number of hydrogen-bond acceptors (Lipinski definition) is 8. The van der Waals surface area contributed by atoms with Crippen LogP contribution in [0.3, 0.4) is 0 Å². The first-order valence-electron chi connectivity index (χ1n) is 19.7. The lowest BCUT2D eigenvalue weighted by molar-refractivity contribution is -0.140. The van der Waals surface area contributed by atoms with Crippen LogP contribution in [-0.4, -0.2) is 124 Å². The third-order valence-electron chi connectivity index (χ3n) is 11.7. The Balaban J connectivity index is 1.17. The van der Waals surface area contributed by atoms with E-state index in [0.29, 0.717) is 37.3 Å². The summed E-state index contributed by atoms with van der Waals surface area (Å²) in [6.45, 7) is 5.45. The lowest BCUT2D eigenvalue weighted by Gasteiger charge is -2.33. The SMILES string of the molecule is O=C(N[C@H](CC1CCCCC1)C(=O)N1C[C@H](N2CCCCC2)C[C@H]1C(=O)N[C@@H](CCCCN1CCSCC1)B(O)O)c1ccc2ccccc2c1. The number of fused-ring (bicyclic) bond motifs is 1. The van der Waals surface area contributed by atoms with Crippen LogP contribution in [0.15, 0.2) is 42.5 Å². The van der Waals surface area contributed by atoms with Crippen LogP contribution in [0, 0.1) is 5.92 Å². The van der Waals surface area contributed by atoms with Crippen molar-refractivity contribution in [3.63, 3.8) is 0 Å². The Bertz CT molecular complexity index is 1450. The van der Waals surface area contributed by atoms with Crippen molar-refractivity contribution in [2.24, 2.45) is 5.92 Å². The third kappa shape index (κ3) is 10.5. The van der Waals surface area contributed by atoms with Crippen molar-refractivity contribution in [2.45, 2.75) is 108 Å². The predicted octanol–water partition coefficient (Wildman–Crippen LogP) is 4.08. The second-order valence-electron chi connectivity index (χ2n) is 15.3. The number of carbonyl (C=O) groups is 3. The number of thioether (sulfide) groups is 1. The Morgan fingerprint density at radius 3 is 2.33 bits per heavy atom. The number of carbonyl (C=O) groups excluding carboxylic acids is 3. The zero-order valence-corrected chi connectivity index (χ0v) is 31.0. The van der Waals surface area contributed by atoms with Gasteiger partial charge in [0.25, 0.3) is 5.91 Å². The Morgan fingerprint density at radius 1 is 0.863 bits per heavy atom. The minimum Gasteiger partial charge on any atom is -0.426 e. The number of nitrogens with zero attached hydrogens (tertiary/aromatic N) is 3. The van der Waals surface area contributed by atoms with Crippen molar-refractivity contribution in [2.75, 3.05) is 50.8 Å². The number of likely N-dealkylation sites (tertiary alicyclic amines) is 2. The highest BCUT2D eigenvalue weighted by Gasteiger charge is 2.45. The molecule has 4 atom stereocenters. The first-order valence-corrected chi connectivity index (χ1v) is 20.8. The molecule has 51 heavy (non-hydrogen) atoms. The molecule has 0 unspecified atom stereocenters. The molecule has 3 saturated heterocycles. The van der Waals surface area contributed by atoms with E-state index in [1.165, 1.54) is 12.8 Å². The van der Waals surface area contributed by atoms with Gasteiger partial charge in [0.2, 0.25) is 11.8 Å². The maximum atomic E-state index is 14.7.